The van der Waals surface area contributed by atoms with Gasteiger partial charge in [0.2, 0.25) is 0 Å². The third-order valence-electron chi connectivity index (χ3n) is 5.94. The summed E-state index contributed by atoms with van der Waals surface area (Å²) in [6.07, 6.45) is 2.86. The number of hydrogen-bond acceptors (Lipinski definition) is 6. The molecule has 0 bridgehead atoms. The fourth-order valence-corrected chi connectivity index (χ4v) is 5.01. The maximum atomic E-state index is 12.6. The average molecular weight is 494 g/mol. The molecule has 0 saturated carbocycles. The number of fused-ring (bicyclic) bond motifs is 3. The molecule has 1 aliphatic carbocycles. The summed E-state index contributed by atoms with van der Waals surface area (Å²) >= 11 is 1.01. The normalized spacial score (nSPS) is 12.9. The van der Waals surface area contributed by atoms with Crippen LogP contribution in [0.5, 0.6) is 0 Å². The van der Waals surface area contributed by atoms with Crippen molar-refractivity contribution >= 4 is 34.4 Å². The summed E-state index contributed by atoms with van der Waals surface area (Å²) in [5.74, 6) is -1.43. The van der Waals surface area contributed by atoms with Crippen molar-refractivity contribution in [1.29, 1.82) is 0 Å². The van der Waals surface area contributed by atoms with Crippen LogP contribution >= 0.6 is 11.3 Å². The lowest BCUT2D eigenvalue weighted by atomic mass is 9.98. The number of unbranched alkanes of at least 4 members (excludes halogenated alkanes) is 1. The smallest absolute Gasteiger partial charge is 0.413 e. The summed E-state index contributed by atoms with van der Waals surface area (Å²) in [6.45, 7) is 2.18. The van der Waals surface area contributed by atoms with Gasteiger partial charge in [0.1, 0.15) is 11.5 Å². The van der Waals surface area contributed by atoms with Gasteiger partial charge < -0.3 is 15.2 Å². The largest absolute Gasteiger partial charge is 0.481 e. The Hall–Kier alpha value is -3.72. The molecule has 4 rings (SSSR count). The van der Waals surface area contributed by atoms with Crippen molar-refractivity contribution in [1.82, 2.24) is 10.3 Å². The Morgan fingerprint density at radius 2 is 1.74 bits per heavy atom. The van der Waals surface area contributed by atoms with E-state index >= 15 is 0 Å². The van der Waals surface area contributed by atoms with E-state index in [4.69, 9.17) is 9.84 Å². The molecule has 0 aliphatic heterocycles. The molecule has 8 nitrogen and oxygen atoms in total. The van der Waals surface area contributed by atoms with Crippen molar-refractivity contribution in [2.24, 2.45) is 0 Å². The molecule has 1 aromatic heterocycles. The van der Waals surface area contributed by atoms with E-state index in [9.17, 15) is 14.4 Å². The molecule has 1 atom stereocenters. The minimum Gasteiger partial charge on any atom is -0.481 e. The lowest BCUT2D eigenvalue weighted by Gasteiger charge is -2.15. The number of carboxylic acid groups (broad SMARTS) is 1. The highest BCUT2D eigenvalue weighted by Crippen LogP contribution is 2.44. The lowest BCUT2D eigenvalue weighted by molar-refractivity contribution is -0.137. The molecule has 1 aliphatic rings. The van der Waals surface area contributed by atoms with Gasteiger partial charge in [-0.3, -0.25) is 14.9 Å². The van der Waals surface area contributed by atoms with Crippen LogP contribution in [-0.2, 0) is 9.53 Å². The number of nitrogens with zero attached hydrogens (tertiary/aromatic N) is 1. The van der Waals surface area contributed by atoms with Gasteiger partial charge in [-0.05, 0) is 28.7 Å². The van der Waals surface area contributed by atoms with Crippen molar-refractivity contribution in [2.75, 3.05) is 11.9 Å². The maximum absolute atomic E-state index is 12.6. The van der Waals surface area contributed by atoms with E-state index in [1.807, 2.05) is 43.3 Å². The Morgan fingerprint density at radius 1 is 1.09 bits per heavy atom. The molecule has 0 radical (unpaired) electrons. The molecular weight excluding hydrogens is 466 g/mol. The predicted octanol–water partition coefficient (Wildman–Crippen LogP) is 5.27. The summed E-state index contributed by atoms with van der Waals surface area (Å²) in [5, 5.41) is 14.7. The molecule has 182 valence electrons. The van der Waals surface area contributed by atoms with Crippen LogP contribution in [-0.4, -0.2) is 40.7 Å². The number of carbonyl (C=O) groups is 3. The van der Waals surface area contributed by atoms with Crippen LogP contribution < -0.4 is 10.6 Å². The van der Waals surface area contributed by atoms with Crippen LogP contribution in [0.1, 0.15) is 59.3 Å². The number of anilines is 1. The van der Waals surface area contributed by atoms with Crippen LogP contribution in [0, 0.1) is 0 Å². The van der Waals surface area contributed by atoms with E-state index in [2.05, 4.69) is 27.8 Å². The van der Waals surface area contributed by atoms with E-state index in [1.165, 1.54) is 6.20 Å². The number of carbonyl (C=O) groups excluding carboxylic acids is 2. The van der Waals surface area contributed by atoms with Crippen LogP contribution in [0.25, 0.3) is 11.1 Å². The third-order valence-corrected chi connectivity index (χ3v) is 6.86. The number of aromatic nitrogens is 1. The summed E-state index contributed by atoms with van der Waals surface area (Å²) in [5.41, 5.74) is 4.53. The van der Waals surface area contributed by atoms with Crippen molar-refractivity contribution in [3.63, 3.8) is 0 Å². The lowest BCUT2D eigenvalue weighted by Crippen LogP contribution is -2.36. The van der Waals surface area contributed by atoms with Gasteiger partial charge in [0.15, 0.2) is 5.13 Å². The van der Waals surface area contributed by atoms with Gasteiger partial charge in [-0.25, -0.2) is 9.78 Å². The van der Waals surface area contributed by atoms with Gasteiger partial charge in [-0.15, -0.1) is 0 Å². The molecule has 0 spiro atoms. The summed E-state index contributed by atoms with van der Waals surface area (Å²) in [4.78, 5) is 40.5. The molecule has 9 heteroatoms. The SMILES string of the molecule is CCCCC(CC(=O)O)NC(=O)c1cnc(NC(=O)OCC2c3ccccc3-c3ccccc32)s1. The summed E-state index contributed by atoms with van der Waals surface area (Å²) in [7, 11) is 0. The van der Waals surface area contributed by atoms with E-state index in [-0.39, 0.29) is 29.0 Å². The van der Waals surface area contributed by atoms with E-state index in [0.29, 0.717) is 6.42 Å². The highest BCUT2D eigenvalue weighted by molar-refractivity contribution is 7.17. The van der Waals surface area contributed by atoms with Crippen LogP contribution in [0.4, 0.5) is 9.93 Å². The fraction of sp³-hybridized carbons (Fsp3) is 0.308. The quantitative estimate of drug-likeness (QED) is 0.354. The van der Waals surface area contributed by atoms with Crippen molar-refractivity contribution in [3.05, 3.63) is 70.7 Å². The summed E-state index contributed by atoms with van der Waals surface area (Å²) < 4.78 is 5.52. The molecule has 35 heavy (non-hydrogen) atoms. The standard InChI is InChI=1S/C26H27N3O5S/c1-2-3-8-16(13-23(30)31)28-24(32)22-14-27-25(35-22)29-26(33)34-15-21-19-11-6-4-9-17(19)18-10-5-7-12-20(18)21/h4-7,9-12,14,16,21H,2-3,8,13,15H2,1H3,(H,28,32)(H,30,31)(H,27,29,33). The Kier molecular flexibility index (Phi) is 7.77. The number of nitrogens with one attached hydrogen (secondary N) is 2. The number of benzene rings is 2. The van der Waals surface area contributed by atoms with Gasteiger partial charge >= 0.3 is 12.1 Å². The Morgan fingerprint density at radius 3 is 2.37 bits per heavy atom. The first-order valence-corrected chi connectivity index (χ1v) is 12.4. The molecule has 0 saturated heterocycles. The van der Waals surface area contributed by atoms with E-state index in [1.54, 1.807) is 0 Å². The second kappa shape index (κ2) is 11.1. The zero-order chi connectivity index (χ0) is 24.8. The highest BCUT2D eigenvalue weighted by atomic mass is 32.1. The van der Waals surface area contributed by atoms with E-state index < -0.39 is 24.0 Å². The Labute approximate surface area is 207 Å². The highest BCUT2D eigenvalue weighted by Gasteiger charge is 2.29. The van der Waals surface area contributed by atoms with Crippen LogP contribution in [0.15, 0.2) is 54.7 Å². The molecule has 1 heterocycles. The Bertz CT molecular complexity index is 1180. The van der Waals surface area contributed by atoms with Crippen LogP contribution in [0.2, 0.25) is 0 Å². The first-order valence-electron chi connectivity index (χ1n) is 11.6. The number of rotatable bonds is 10. The van der Waals surface area contributed by atoms with Crippen molar-refractivity contribution < 1.29 is 24.2 Å². The fourth-order valence-electron chi connectivity index (χ4n) is 4.30. The molecule has 0 fully saturated rings. The number of aliphatic carboxylic acids is 1. The molecule has 3 N–H and O–H groups in total. The van der Waals surface area contributed by atoms with Gasteiger partial charge in [0, 0.05) is 12.0 Å². The molecule has 2 aromatic carbocycles. The monoisotopic (exact) mass is 493 g/mol. The molecule has 2 amide bonds. The third kappa shape index (κ3) is 5.86. The first-order chi connectivity index (χ1) is 17.0. The Balaban J connectivity index is 1.34. The number of amides is 2. The average Bonchev–Trinajstić information content (AvgIpc) is 3.43. The predicted molar refractivity (Wildman–Crippen MR) is 134 cm³/mol. The van der Waals surface area contributed by atoms with E-state index in [0.717, 1.165) is 46.4 Å². The minimum absolute atomic E-state index is 0.0555. The number of ether oxygens (including phenoxy) is 1. The van der Waals surface area contributed by atoms with Gasteiger partial charge in [0.05, 0.1) is 12.6 Å². The van der Waals surface area contributed by atoms with Crippen molar-refractivity contribution in [2.45, 2.75) is 44.6 Å². The zero-order valence-electron chi connectivity index (χ0n) is 19.3. The molecular formula is C26H27N3O5S. The zero-order valence-corrected chi connectivity index (χ0v) is 20.1. The number of hydrogen-bond donors (Lipinski definition) is 3. The number of carboxylic acids is 1. The van der Waals surface area contributed by atoms with Crippen LogP contribution in [0.3, 0.4) is 0 Å². The van der Waals surface area contributed by atoms with Gasteiger partial charge in [-0.1, -0.05) is 79.6 Å². The number of thiazole rings is 1. The van der Waals surface area contributed by atoms with Gasteiger partial charge in [0.25, 0.3) is 5.91 Å². The van der Waals surface area contributed by atoms with Gasteiger partial charge in [-0.2, -0.15) is 0 Å². The molecule has 1 unspecified atom stereocenters. The second-order valence-electron chi connectivity index (χ2n) is 8.39. The minimum atomic E-state index is -0.965. The second-order valence-corrected chi connectivity index (χ2v) is 9.42. The topological polar surface area (TPSA) is 118 Å². The maximum Gasteiger partial charge on any atom is 0.413 e. The molecule has 3 aromatic rings. The summed E-state index contributed by atoms with van der Waals surface area (Å²) in [6, 6.07) is 15.7. The first kappa shape index (κ1) is 24.4. The van der Waals surface area contributed by atoms with Crippen molar-refractivity contribution in [3.8, 4) is 11.1 Å².